The highest BCUT2D eigenvalue weighted by Crippen LogP contribution is 2.48. The predicted molar refractivity (Wildman–Crippen MR) is 67.5 cm³/mol. The van der Waals surface area contributed by atoms with Crippen LogP contribution in [0.3, 0.4) is 0 Å². The van der Waals surface area contributed by atoms with Gasteiger partial charge in [-0.05, 0) is 32.8 Å². The Morgan fingerprint density at radius 3 is 2.72 bits per heavy atom. The van der Waals surface area contributed by atoms with E-state index in [4.69, 9.17) is 4.74 Å². The van der Waals surface area contributed by atoms with Crippen molar-refractivity contribution in [1.82, 2.24) is 4.90 Å². The van der Waals surface area contributed by atoms with E-state index in [0.717, 1.165) is 0 Å². The number of carbonyl (C=O) groups is 2. The number of hydrogen-bond acceptors (Lipinski definition) is 3. The van der Waals surface area contributed by atoms with Crippen molar-refractivity contribution in [3.05, 3.63) is 23.4 Å². The zero-order valence-corrected chi connectivity index (χ0v) is 11.3. The molecule has 2 aliphatic rings. The Morgan fingerprint density at radius 2 is 2.11 bits per heavy atom. The Bertz CT molecular complexity index is 464. The van der Waals surface area contributed by atoms with Crippen LogP contribution in [0.1, 0.15) is 26.7 Å². The number of methoxy groups -OCH3 is 1. The van der Waals surface area contributed by atoms with Crippen LogP contribution in [0.25, 0.3) is 0 Å². The summed E-state index contributed by atoms with van der Waals surface area (Å²) in [5.74, 6) is -0.643. The Morgan fingerprint density at radius 1 is 1.44 bits per heavy atom. The molecule has 4 nitrogen and oxygen atoms in total. The molecule has 18 heavy (non-hydrogen) atoms. The first-order valence-electron chi connectivity index (χ1n) is 6.12. The molecular formula is C14H19NO3. The molecule has 0 fully saturated rings. The number of carbonyl (C=O) groups excluding carboxylic acids is 2. The molecule has 1 aliphatic heterocycles. The van der Waals surface area contributed by atoms with E-state index in [-0.39, 0.29) is 17.8 Å². The monoisotopic (exact) mass is 249 g/mol. The van der Waals surface area contributed by atoms with Crippen molar-refractivity contribution < 1.29 is 14.3 Å². The first kappa shape index (κ1) is 12.9. The maximum atomic E-state index is 12.3. The topological polar surface area (TPSA) is 46.6 Å². The van der Waals surface area contributed by atoms with Crippen LogP contribution >= 0.6 is 0 Å². The molecule has 4 heteroatoms. The molecule has 0 saturated heterocycles. The third-order valence-electron chi connectivity index (χ3n) is 4.23. The van der Waals surface area contributed by atoms with Gasteiger partial charge in [0.05, 0.1) is 13.0 Å². The van der Waals surface area contributed by atoms with Gasteiger partial charge >= 0.3 is 5.97 Å². The fourth-order valence-corrected chi connectivity index (χ4v) is 2.89. The molecular weight excluding hydrogens is 230 g/mol. The van der Waals surface area contributed by atoms with Gasteiger partial charge in [0.25, 0.3) is 0 Å². The van der Waals surface area contributed by atoms with Crippen LogP contribution in [0.15, 0.2) is 23.4 Å². The quantitative estimate of drug-likeness (QED) is 0.526. The van der Waals surface area contributed by atoms with Gasteiger partial charge in [0.2, 0.25) is 5.91 Å². The molecule has 1 heterocycles. The molecule has 98 valence electrons. The lowest BCUT2D eigenvalue weighted by molar-refractivity contribution is -0.159. The van der Waals surface area contributed by atoms with Gasteiger partial charge in [-0.1, -0.05) is 11.1 Å². The normalized spacial score (nSPS) is 31.4. The summed E-state index contributed by atoms with van der Waals surface area (Å²) in [6.45, 7) is 4.05. The van der Waals surface area contributed by atoms with Crippen LogP contribution in [-0.4, -0.2) is 30.9 Å². The van der Waals surface area contributed by atoms with Crippen molar-refractivity contribution in [1.29, 1.82) is 0 Å². The largest absolute Gasteiger partial charge is 0.468 e. The third kappa shape index (κ3) is 1.67. The van der Waals surface area contributed by atoms with Crippen LogP contribution in [0, 0.1) is 11.3 Å². The average molecular weight is 249 g/mol. The molecule has 1 amide bonds. The second kappa shape index (κ2) is 4.26. The van der Waals surface area contributed by atoms with E-state index in [0.29, 0.717) is 12.8 Å². The Hall–Kier alpha value is -1.58. The molecule has 0 N–H and O–H groups in total. The van der Waals surface area contributed by atoms with E-state index in [1.54, 1.807) is 18.1 Å². The van der Waals surface area contributed by atoms with Crippen molar-refractivity contribution in [3.63, 3.8) is 0 Å². The van der Waals surface area contributed by atoms with E-state index < -0.39 is 5.41 Å². The Kier molecular flexibility index (Phi) is 3.05. The van der Waals surface area contributed by atoms with Gasteiger partial charge in [0, 0.05) is 13.2 Å². The number of fused-ring (bicyclic) bond motifs is 1. The molecule has 0 bridgehead atoms. The highest BCUT2D eigenvalue weighted by Gasteiger charge is 2.52. The molecule has 1 aliphatic carbocycles. The number of rotatable bonds is 1. The predicted octanol–water partition coefficient (Wildman–Crippen LogP) is 1.88. The summed E-state index contributed by atoms with van der Waals surface area (Å²) in [6, 6.07) is 0. The van der Waals surface area contributed by atoms with E-state index in [9.17, 15) is 9.59 Å². The molecule has 0 aromatic rings. The fourth-order valence-electron chi connectivity index (χ4n) is 2.89. The summed E-state index contributed by atoms with van der Waals surface area (Å²) in [6.07, 6.45) is 4.73. The second-order valence-corrected chi connectivity index (χ2v) is 5.29. The minimum absolute atomic E-state index is 0.00486. The maximum absolute atomic E-state index is 12.3. The summed E-state index contributed by atoms with van der Waals surface area (Å²) >= 11 is 0. The van der Waals surface area contributed by atoms with Crippen LogP contribution in [0.4, 0.5) is 0 Å². The number of nitrogens with zero attached hydrogens (tertiary/aromatic N) is 1. The molecule has 2 rings (SSSR count). The number of allylic oxidation sites excluding steroid dienone is 2. The van der Waals surface area contributed by atoms with Crippen LogP contribution in [0.5, 0.6) is 0 Å². The van der Waals surface area contributed by atoms with E-state index in [2.05, 4.69) is 0 Å². The highest BCUT2D eigenvalue weighted by molar-refractivity contribution is 5.92. The van der Waals surface area contributed by atoms with Gasteiger partial charge in [-0.3, -0.25) is 9.59 Å². The summed E-state index contributed by atoms with van der Waals surface area (Å²) in [5.41, 5.74) is 1.58. The lowest BCUT2D eigenvalue weighted by Gasteiger charge is -2.43. The third-order valence-corrected chi connectivity index (χ3v) is 4.23. The van der Waals surface area contributed by atoms with Gasteiger partial charge in [-0.25, -0.2) is 0 Å². The van der Waals surface area contributed by atoms with Gasteiger partial charge in [0.1, 0.15) is 5.41 Å². The molecule has 2 atom stereocenters. The van der Waals surface area contributed by atoms with Crippen LogP contribution in [0.2, 0.25) is 0 Å². The summed E-state index contributed by atoms with van der Waals surface area (Å²) in [4.78, 5) is 26.0. The maximum Gasteiger partial charge on any atom is 0.316 e. The Balaban J connectivity index is 2.53. The Labute approximate surface area is 107 Å². The number of hydrogen-bond donors (Lipinski definition) is 0. The molecule has 0 radical (unpaired) electrons. The van der Waals surface area contributed by atoms with Crippen molar-refractivity contribution in [3.8, 4) is 0 Å². The molecule has 0 aromatic carbocycles. The van der Waals surface area contributed by atoms with Crippen molar-refractivity contribution in [2.45, 2.75) is 26.7 Å². The molecule has 0 spiro atoms. The van der Waals surface area contributed by atoms with Crippen molar-refractivity contribution in [2.24, 2.45) is 11.3 Å². The van der Waals surface area contributed by atoms with E-state index in [1.807, 2.05) is 19.9 Å². The minimum Gasteiger partial charge on any atom is -0.468 e. The average Bonchev–Trinajstić information content (AvgIpc) is 2.36. The summed E-state index contributed by atoms with van der Waals surface area (Å²) in [5, 5.41) is 0. The summed E-state index contributed by atoms with van der Waals surface area (Å²) in [7, 11) is 3.10. The molecule has 0 unspecified atom stereocenters. The van der Waals surface area contributed by atoms with Crippen molar-refractivity contribution >= 4 is 11.9 Å². The van der Waals surface area contributed by atoms with Gasteiger partial charge in [0.15, 0.2) is 0 Å². The van der Waals surface area contributed by atoms with Crippen LogP contribution in [-0.2, 0) is 14.3 Å². The minimum atomic E-state index is -0.804. The SMILES string of the molecule is COC(=O)[C@@]12C=CN(C)C(=O)[C@H]1CC(C)=C(C)C2. The lowest BCUT2D eigenvalue weighted by Crippen LogP contribution is -2.50. The van der Waals surface area contributed by atoms with Gasteiger partial charge < -0.3 is 9.64 Å². The first-order valence-corrected chi connectivity index (χ1v) is 6.12. The summed E-state index contributed by atoms with van der Waals surface area (Å²) < 4.78 is 4.93. The van der Waals surface area contributed by atoms with Gasteiger partial charge in [-0.15, -0.1) is 0 Å². The zero-order valence-electron chi connectivity index (χ0n) is 11.3. The first-order chi connectivity index (χ1) is 8.42. The number of esters is 1. The molecule has 0 saturated carbocycles. The van der Waals surface area contributed by atoms with Crippen molar-refractivity contribution in [2.75, 3.05) is 14.2 Å². The fraction of sp³-hybridized carbons (Fsp3) is 0.571. The zero-order chi connectivity index (χ0) is 13.5. The highest BCUT2D eigenvalue weighted by atomic mass is 16.5. The smallest absolute Gasteiger partial charge is 0.316 e. The van der Waals surface area contributed by atoms with Gasteiger partial charge in [-0.2, -0.15) is 0 Å². The second-order valence-electron chi connectivity index (χ2n) is 5.29. The number of ether oxygens (including phenoxy) is 1. The molecule has 0 aromatic heterocycles. The van der Waals surface area contributed by atoms with E-state index in [1.165, 1.54) is 18.3 Å². The van der Waals surface area contributed by atoms with Crippen LogP contribution < -0.4 is 0 Å². The standard InChI is InChI=1S/C14H19NO3/c1-9-7-11-12(16)15(3)6-5-14(11,8-10(9)2)13(17)18-4/h5-6,11H,7-8H2,1-4H3/t11-,14-/m1/s1. The lowest BCUT2D eigenvalue weighted by atomic mass is 9.63. The van der Waals surface area contributed by atoms with E-state index >= 15 is 0 Å². The number of amides is 1.